The van der Waals surface area contributed by atoms with Crippen LogP contribution >= 0.6 is 12.4 Å². The first-order chi connectivity index (χ1) is 7.78. The zero-order valence-corrected chi connectivity index (χ0v) is 11.5. The van der Waals surface area contributed by atoms with E-state index in [-0.39, 0.29) is 12.4 Å². The molecule has 0 aliphatic heterocycles. The second-order valence-electron chi connectivity index (χ2n) is 4.81. The highest BCUT2D eigenvalue weighted by Crippen LogP contribution is 2.47. The van der Waals surface area contributed by atoms with Crippen LogP contribution in [0.4, 0.5) is 0 Å². The van der Waals surface area contributed by atoms with Crippen LogP contribution in [0.3, 0.4) is 0 Å². The molecule has 2 rings (SSSR count). The fraction of sp³-hybridized carbons (Fsp3) is 0.571. The fourth-order valence-electron chi connectivity index (χ4n) is 2.09. The quantitative estimate of drug-likeness (QED) is 0.841. The first kappa shape index (κ1) is 14.3. The molecule has 96 valence electrons. The lowest BCUT2D eigenvalue weighted by Crippen LogP contribution is -2.23. The molecule has 0 amide bonds. The van der Waals surface area contributed by atoms with Gasteiger partial charge in [-0.1, -0.05) is 19.1 Å². The molecule has 1 saturated carbocycles. The number of rotatable bonds is 6. The van der Waals surface area contributed by atoms with Crippen LogP contribution in [0.25, 0.3) is 0 Å². The van der Waals surface area contributed by atoms with E-state index in [0.717, 1.165) is 18.8 Å². The molecule has 0 bridgehead atoms. The van der Waals surface area contributed by atoms with E-state index in [4.69, 9.17) is 4.74 Å². The molecule has 1 aromatic carbocycles. The third-order valence-corrected chi connectivity index (χ3v) is 3.67. The summed E-state index contributed by atoms with van der Waals surface area (Å²) in [5, 5.41) is 3.55. The molecule has 17 heavy (non-hydrogen) atoms. The van der Waals surface area contributed by atoms with Crippen LogP contribution < -0.4 is 10.1 Å². The van der Waals surface area contributed by atoms with Crippen LogP contribution in [0, 0.1) is 5.41 Å². The maximum atomic E-state index is 5.21. The molecule has 0 radical (unpaired) electrons. The smallest absolute Gasteiger partial charge is 0.119 e. The summed E-state index contributed by atoms with van der Waals surface area (Å²) in [7, 11) is 1.71. The highest BCUT2D eigenvalue weighted by molar-refractivity contribution is 5.85. The molecule has 0 unspecified atom stereocenters. The van der Waals surface area contributed by atoms with Crippen molar-refractivity contribution in [2.75, 3.05) is 13.7 Å². The third kappa shape index (κ3) is 3.90. The maximum Gasteiger partial charge on any atom is 0.119 e. The van der Waals surface area contributed by atoms with Crippen molar-refractivity contribution in [2.45, 2.75) is 32.7 Å². The zero-order chi connectivity index (χ0) is 11.4. The van der Waals surface area contributed by atoms with Crippen molar-refractivity contribution in [3.05, 3.63) is 29.8 Å². The normalized spacial score (nSPS) is 16.1. The highest BCUT2D eigenvalue weighted by Gasteiger charge is 2.39. The van der Waals surface area contributed by atoms with Gasteiger partial charge in [0, 0.05) is 13.1 Å². The summed E-state index contributed by atoms with van der Waals surface area (Å²) in [4.78, 5) is 0. The minimum atomic E-state index is 0. The van der Waals surface area contributed by atoms with Crippen molar-refractivity contribution in [3.63, 3.8) is 0 Å². The lowest BCUT2D eigenvalue weighted by Gasteiger charge is -2.13. The van der Waals surface area contributed by atoms with Gasteiger partial charge in [0.2, 0.25) is 0 Å². The van der Waals surface area contributed by atoms with E-state index in [1.54, 1.807) is 7.11 Å². The summed E-state index contributed by atoms with van der Waals surface area (Å²) in [5.74, 6) is 0.941. The molecule has 1 fully saturated rings. The van der Waals surface area contributed by atoms with Gasteiger partial charge in [0.25, 0.3) is 0 Å². The molecular weight excluding hydrogens is 234 g/mol. The first-order valence-electron chi connectivity index (χ1n) is 6.12. The minimum absolute atomic E-state index is 0. The molecular formula is C14H22ClNO. The summed E-state index contributed by atoms with van der Waals surface area (Å²) < 4.78 is 5.21. The van der Waals surface area contributed by atoms with Crippen LogP contribution in [-0.4, -0.2) is 13.7 Å². The predicted octanol–water partition coefficient (Wildman–Crippen LogP) is 3.40. The van der Waals surface area contributed by atoms with Crippen molar-refractivity contribution >= 4 is 12.4 Å². The monoisotopic (exact) mass is 255 g/mol. The van der Waals surface area contributed by atoms with E-state index in [1.807, 2.05) is 12.1 Å². The molecule has 1 aromatic rings. The van der Waals surface area contributed by atoms with Gasteiger partial charge in [-0.15, -0.1) is 12.4 Å². The standard InChI is InChI=1S/C14H21NO.ClH/c1-3-14(7-8-14)11-15-10-12-5-4-6-13(9-12)16-2;/h4-6,9,15H,3,7-8,10-11H2,1-2H3;1H. The Labute approximate surface area is 110 Å². The van der Waals surface area contributed by atoms with E-state index in [0.29, 0.717) is 5.41 Å². The van der Waals surface area contributed by atoms with Crippen molar-refractivity contribution < 1.29 is 4.74 Å². The number of methoxy groups -OCH3 is 1. The first-order valence-corrected chi connectivity index (χ1v) is 6.12. The Morgan fingerprint density at radius 1 is 1.35 bits per heavy atom. The minimum Gasteiger partial charge on any atom is -0.497 e. The third-order valence-electron chi connectivity index (χ3n) is 3.67. The number of halogens is 1. The van der Waals surface area contributed by atoms with Crippen molar-refractivity contribution in [2.24, 2.45) is 5.41 Å². The molecule has 1 aliphatic rings. The SMILES string of the molecule is CCC1(CNCc2cccc(OC)c2)CC1.Cl. The Morgan fingerprint density at radius 2 is 2.12 bits per heavy atom. The predicted molar refractivity (Wildman–Crippen MR) is 73.9 cm³/mol. The number of hydrogen-bond acceptors (Lipinski definition) is 2. The summed E-state index contributed by atoms with van der Waals surface area (Å²) in [6.45, 7) is 4.39. The number of benzene rings is 1. The van der Waals surface area contributed by atoms with E-state index in [1.165, 1.54) is 24.8 Å². The molecule has 0 aromatic heterocycles. The second kappa shape index (κ2) is 6.27. The fourth-order valence-corrected chi connectivity index (χ4v) is 2.09. The van der Waals surface area contributed by atoms with Crippen molar-refractivity contribution in [1.29, 1.82) is 0 Å². The Balaban J connectivity index is 0.00000144. The van der Waals surface area contributed by atoms with Gasteiger partial charge in [0.15, 0.2) is 0 Å². The summed E-state index contributed by atoms with van der Waals surface area (Å²) >= 11 is 0. The topological polar surface area (TPSA) is 21.3 Å². The Morgan fingerprint density at radius 3 is 2.71 bits per heavy atom. The average molecular weight is 256 g/mol. The Kier molecular flexibility index (Phi) is 5.29. The van der Waals surface area contributed by atoms with Crippen LogP contribution in [0.15, 0.2) is 24.3 Å². The van der Waals surface area contributed by atoms with Gasteiger partial charge >= 0.3 is 0 Å². The zero-order valence-electron chi connectivity index (χ0n) is 10.7. The maximum absolute atomic E-state index is 5.21. The molecule has 2 nitrogen and oxygen atoms in total. The van der Waals surface area contributed by atoms with Gasteiger partial charge in [0.05, 0.1) is 7.11 Å². The van der Waals surface area contributed by atoms with Gasteiger partial charge in [-0.3, -0.25) is 0 Å². The van der Waals surface area contributed by atoms with Crippen LogP contribution in [0.2, 0.25) is 0 Å². The van der Waals surface area contributed by atoms with Crippen LogP contribution in [-0.2, 0) is 6.54 Å². The van der Waals surface area contributed by atoms with Crippen molar-refractivity contribution in [3.8, 4) is 5.75 Å². The molecule has 0 saturated heterocycles. The van der Waals surface area contributed by atoms with Gasteiger partial charge < -0.3 is 10.1 Å². The van der Waals surface area contributed by atoms with Gasteiger partial charge in [0.1, 0.15) is 5.75 Å². The van der Waals surface area contributed by atoms with Gasteiger partial charge in [-0.05, 0) is 42.4 Å². The lowest BCUT2D eigenvalue weighted by atomic mass is 10.0. The summed E-state index contributed by atoms with van der Waals surface area (Å²) in [5.41, 5.74) is 1.92. The van der Waals surface area contributed by atoms with E-state index in [9.17, 15) is 0 Å². The summed E-state index contributed by atoms with van der Waals surface area (Å²) in [6, 6.07) is 8.26. The van der Waals surface area contributed by atoms with Crippen LogP contribution in [0.5, 0.6) is 5.75 Å². The Hall–Kier alpha value is -0.730. The molecule has 3 heteroatoms. The molecule has 1 N–H and O–H groups in total. The lowest BCUT2D eigenvalue weighted by molar-refractivity contribution is 0.413. The van der Waals surface area contributed by atoms with E-state index >= 15 is 0 Å². The average Bonchev–Trinajstić information content (AvgIpc) is 3.10. The van der Waals surface area contributed by atoms with E-state index in [2.05, 4.69) is 24.4 Å². The summed E-state index contributed by atoms with van der Waals surface area (Å²) in [6.07, 6.45) is 4.10. The molecule has 1 aliphatic carbocycles. The number of nitrogens with one attached hydrogen (secondary N) is 1. The Bertz CT molecular complexity index is 350. The molecule has 0 heterocycles. The number of hydrogen-bond donors (Lipinski definition) is 1. The van der Waals surface area contributed by atoms with Gasteiger partial charge in [-0.2, -0.15) is 0 Å². The second-order valence-corrected chi connectivity index (χ2v) is 4.81. The molecule has 0 atom stereocenters. The van der Waals surface area contributed by atoms with Crippen molar-refractivity contribution in [1.82, 2.24) is 5.32 Å². The molecule has 0 spiro atoms. The largest absolute Gasteiger partial charge is 0.497 e. The van der Waals surface area contributed by atoms with Gasteiger partial charge in [-0.25, -0.2) is 0 Å². The van der Waals surface area contributed by atoms with E-state index < -0.39 is 0 Å². The number of ether oxygens (including phenoxy) is 1. The van der Waals surface area contributed by atoms with Crippen LogP contribution in [0.1, 0.15) is 31.7 Å². The highest BCUT2D eigenvalue weighted by atomic mass is 35.5.